The average molecular weight is 633 g/mol. The van der Waals surface area contributed by atoms with Crippen LogP contribution in [-0.4, -0.2) is 33.5 Å². The first-order valence-electron chi connectivity index (χ1n) is 16.0. The second-order valence-electron chi connectivity index (χ2n) is 13.0. The van der Waals surface area contributed by atoms with Gasteiger partial charge in [0.25, 0.3) is 0 Å². The molecule has 5 aromatic rings. The van der Waals surface area contributed by atoms with Crippen LogP contribution in [-0.2, 0) is 19.2 Å². The van der Waals surface area contributed by atoms with Gasteiger partial charge >= 0.3 is 0 Å². The highest BCUT2D eigenvalue weighted by Crippen LogP contribution is 2.56. The third-order valence-corrected chi connectivity index (χ3v) is 10.5. The number of nitrogens with zero attached hydrogens (tertiary/aromatic N) is 2. The molecule has 4 unspecified atom stereocenters. The van der Waals surface area contributed by atoms with Gasteiger partial charge in [0.2, 0.25) is 17.7 Å². The van der Waals surface area contributed by atoms with Gasteiger partial charge in [-0.2, -0.15) is 0 Å². The summed E-state index contributed by atoms with van der Waals surface area (Å²) in [5, 5.41) is 12.1. The lowest BCUT2D eigenvalue weighted by molar-refractivity contribution is -0.123. The molecule has 4 aromatic carbocycles. The van der Waals surface area contributed by atoms with Crippen molar-refractivity contribution in [2.45, 2.75) is 25.7 Å². The zero-order chi connectivity index (χ0) is 32.8. The summed E-state index contributed by atoms with van der Waals surface area (Å²) in [4.78, 5) is 61.6. The minimum atomic E-state index is -0.691. The van der Waals surface area contributed by atoms with Crippen molar-refractivity contribution in [1.82, 2.24) is 4.98 Å². The Labute approximate surface area is 274 Å². The predicted molar refractivity (Wildman–Crippen MR) is 179 cm³/mol. The zero-order valence-corrected chi connectivity index (χ0v) is 25.8. The molecule has 3 aliphatic carbocycles. The van der Waals surface area contributed by atoms with Crippen molar-refractivity contribution in [3.05, 3.63) is 125 Å². The summed E-state index contributed by atoms with van der Waals surface area (Å²) in [5.74, 6) is -2.79. The van der Waals surface area contributed by atoms with Crippen LogP contribution in [0.2, 0.25) is 0 Å². The smallest absolute Gasteiger partial charge is 0.238 e. The summed E-state index contributed by atoms with van der Waals surface area (Å²) >= 11 is 0. The van der Waals surface area contributed by atoms with E-state index in [1.807, 2.05) is 54.6 Å². The van der Waals surface area contributed by atoms with Gasteiger partial charge in [0.05, 0.1) is 17.5 Å². The highest BCUT2D eigenvalue weighted by Gasteiger charge is 2.56. The molecule has 4 atom stereocenters. The van der Waals surface area contributed by atoms with Gasteiger partial charge in [-0.05, 0) is 85.2 Å². The van der Waals surface area contributed by atoms with Crippen molar-refractivity contribution in [2.24, 2.45) is 17.8 Å². The minimum Gasteiger partial charge on any atom is -0.507 e. The zero-order valence-electron chi connectivity index (χ0n) is 25.8. The van der Waals surface area contributed by atoms with E-state index < -0.39 is 23.7 Å². The van der Waals surface area contributed by atoms with Crippen LogP contribution in [0.25, 0.3) is 33.3 Å². The van der Waals surface area contributed by atoms with Crippen LogP contribution in [0.4, 0.5) is 5.69 Å². The fourth-order valence-corrected chi connectivity index (χ4v) is 8.28. The number of phenolic OH excluding ortho intramolecular Hbond substituents is 1. The quantitative estimate of drug-likeness (QED) is 0.129. The molecule has 234 valence electrons. The van der Waals surface area contributed by atoms with Gasteiger partial charge in [0.1, 0.15) is 11.3 Å². The first-order valence-corrected chi connectivity index (χ1v) is 16.0. The molecule has 8 heteroatoms. The molecule has 0 bridgehead atoms. The third kappa shape index (κ3) is 3.98. The van der Waals surface area contributed by atoms with Crippen molar-refractivity contribution < 1.29 is 28.7 Å². The van der Waals surface area contributed by atoms with Crippen molar-refractivity contribution in [2.75, 3.05) is 4.90 Å². The number of carbonyl (C=O) groups excluding carboxylic acids is 4. The molecule has 1 aliphatic heterocycles. The number of phenols is 1. The lowest BCUT2D eigenvalue weighted by Crippen LogP contribution is -2.39. The van der Waals surface area contributed by atoms with Crippen LogP contribution in [0.3, 0.4) is 0 Å². The van der Waals surface area contributed by atoms with Gasteiger partial charge < -0.3 is 9.52 Å². The molecule has 8 nitrogen and oxygen atoms in total. The number of imide groups is 1. The molecule has 0 spiro atoms. The Kier molecular flexibility index (Phi) is 6.09. The van der Waals surface area contributed by atoms with Crippen molar-refractivity contribution in [3.63, 3.8) is 0 Å². The molecular weight excluding hydrogens is 604 g/mol. The van der Waals surface area contributed by atoms with E-state index >= 15 is 0 Å². The van der Waals surface area contributed by atoms with Gasteiger partial charge in [-0.3, -0.25) is 24.1 Å². The molecule has 0 radical (unpaired) electrons. The van der Waals surface area contributed by atoms with Crippen molar-refractivity contribution >= 4 is 50.9 Å². The summed E-state index contributed by atoms with van der Waals surface area (Å²) in [6.45, 7) is 1.65. The molecule has 0 saturated carbocycles. The minimum absolute atomic E-state index is 0.116. The lowest BCUT2D eigenvalue weighted by atomic mass is 9.59. The molecule has 4 aliphatic rings. The van der Waals surface area contributed by atoms with Crippen LogP contribution in [0.5, 0.6) is 5.75 Å². The van der Waals surface area contributed by atoms with Gasteiger partial charge in [0, 0.05) is 33.6 Å². The van der Waals surface area contributed by atoms with Gasteiger partial charge in [-0.15, -0.1) is 0 Å². The van der Waals surface area contributed by atoms with Crippen molar-refractivity contribution in [1.29, 1.82) is 0 Å². The lowest BCUT2D eigenvalue weighted by Gasteiger charge is -2.42. The number of anilines is 1. The molecule has 1 fully saturated rings. The number of hydrogen-bond acceptors (Lipinski definition) is 7. The number of aromatic nitrogens is 1. The predicted octanol–water partition coefficient (Wildman–Crippen LogP) is 6.99. The van der Waals surface area contributed by atoms with E-state index in [1.165, 1.54) is 11.0 Å². The normalized spacial score (nSPS) is 23.7. The molecule has 48 heavy (non-hydrogen) atoms. The molecule has 1 aromatic heterocycles. The Hall–Kier alpha value is -5.89. The number of hydrogen-bond donors (Lipinski definition) is 1. The van der Waals surface area contributed by atoms with E-state index in [-0.39, 0.29) is 35.6 Å². The summed E-state index contributed by atoms with van der Waals surface area (Å²) in [6.07, 6.45) is 3.93. The highest BCUT2D eigenvalue weighted by atomic mass is 16.3. The van der Waals surface area contributed by atoms with E-state index in [4.69, 9.17) is 4.42 Å². The Morgan fingerprint density at radius 2 is 1.58 bits per heavy atom. The standard InChI is InChI=1S/C40H28N2O6/c1-20-18-32(44)29-19-28-26(34(36(29)37(20)45)25-16-17-31(43)24-7-3-2-6-23(24)25)14-15-27-35(28)40(47)42(39(27)46)22-12-10-21(11-13-22)38-41-30-8-4-5-9-33(30)48-38/h2-14,16-18,27-28,34-35,43H,15,19H2,1H3. The first kappa shape index (κ1) is 28.3. The number of ketones is 2. The summed E-state index contributed by atoms with van der Waals surface area (Å²) in [7, 11) is 0. The SMILES string of the molecule is CC1=CC(=O)C2=C(C1=O)C(c1ccc(O)c3ccccc13)C1=CCC3C(=O)N(c4ccc(-c5nc6ccccc6o5)cc4)C(=O)C3C1C2. The maximum absolute atomic E-state index is 14.4. The Bertz CT molecular complexity index is 2340. The van der Waals surface area contributed by atoms with E-state index in [9.17, 15) is 24.3 Å². The van der Waals surface area contributed by atoms with Crippen molar-refractivity contribution in [3.8, 4) is 17.2 Å². The summed E-state index contributed by atoms with van der Waals surface area (Å²) in [6, 6.07) is 25.4. The number of oxazole rings is 1. The number of rotatable bonds is 3. The fourth-order valence-electron chi connectivity index (χ4n) is 8.28. The third-order valence-electron chi connectivity index (χ3n) is 10.5. The second kappa shape index (κ2) is 10.3. The number of allylic oxidation sites excluding steroid dienone is 6. The van der Waals surface area contributed by atoms with Crippen LogP contribution in [0, 0.1) is 17.8 Å². The number of carbonyl (C=O) groups is 4. The summed E-state index contributed by atoms with van der Waals surface area (Å²) < 4.78 is 5.90. The summed E-state index contributed by atoms with van der Waals surface area (Å²) in [5.41, 5.74) is 5.44. The van der Waals surface area contributed by atoms with Gasteiger partial charge in [-0.25, -0.2) is 4.98 Å². The molecular formula is C40H28N2O6. The van der Waals surface area contributed by atoms with E-state index in [1.54, 1.807) is 43.3 Å². The molecule has 1 N–H and O–H groups in total. The maximum Gasteiger partial charge on any atom is 0.238 e. The van der Waals surface area contributed by atoms with Gasteiger partial charge in [0.15, 0.2) is 17.1 Å². The maximum atomic E-state index is 14.4. The fraction of sp³-hybridized carbons (Fsp3) is 0.175. The number of amides is 2. The van der Waals surface area contributed by atoms with Crippen LogP contribution >= 0.6 is 0 Å². The van der Waals surface area contributed by atoms with Crippen LogP contribution in [0.1, 0.15) is 31.2 Å². The highest BCUT2D eigenvalue weighted by molar-refractivity contribution is 6.25. The number of para-hydroxylation sites is 2. The molecule has 9 rings (SSSR count). The van der Waals surface area contributed by atoms with Crippen LogP contribution < -0.4 is 4.90 Å². The van der Waals surface area contributed by atoms with Crippen LogP contribution in [0.15, 0.2) is 124 Å². The second-order valence-corrected chi connectivity index (χ2v) is 13.0. The number of fused-ring (bicyclic) bond motifs is 5. The molecule has 2 amide bonds. The Balaban J connectivity index is 1.12. The average Bonchev–Trinajstić information content (AvgIpc) is 3.65. The molecule has 2 heterocycles. The van der Waals surface area contributed by atoms with E-state index in [2.05, 4.69) is 4.98 Å². The number of aromatic hydroxyl groups is 1. The topological polar surface area (TPSA) is 118 Å². The van der Waals surface area contributed by atoms with E-state index in [0.29, 0.717) is 45.7 Å². The van der Waals surface area contributed by atoms with Gasteiger partial charge in [-0.1, -0.05) is 54.1 Å². The molecule has 1 saturated heterocycles. The number of Topliss-reactive ketones (excluding diaryl/α,β-unsaturated/α-hetero) is 1. The Morgan fingerprint density at radius 1 is 0.833 bits per heavy atom. The monoisotopic (exact) mass is 632 g/mol. The van der Waals surface area contributed by atoms with E-state index in [0.717, 1.165) is 27.6 Å². The number of benzene rings is 4. The Morgan fingerprint density at radius 3 is 2.38 bits per heavy atom. The largest absolute Gasteiger partial charge is 0.507 e. The first-order chi connectivity index (χ1) is 23.3.